The smallest absolute Gasteiger partial charge is 0.147 e. The van der Waals surface area contributed by atoms with Gasteiger partial charge in [0, 0.05) is 34.7 Å². The quantitative estimate of drug-likeness (QED) is 0.440. The topological polar surface area (TPSA) is 67.3 Å². The van der Waals surface area contributed by atoms with Gasteiger partial charge in [-0.25, -0.2) is 4.98 Å². The van der Waals surface area contributed by atoms with E-state index in [1.165, 1.54) is 0 Å². The SMILES string of the molecule is Cc1ccc2ccc(C(Nc3ccc(OC(C)C)cc3)c3cccnc3)c(O)c2n1. The lowest BCUT2D eigenvalue weighted by Crippen LogP contribution is -2.13. The molecule has 152 valence electrons. The maximum absolute atomic E-state index is 11.1. The Morgan fingerprint density at radius 1 is 0.967 bits per heavy atom. The van der Waals surface area contributed by atoms with Crippen molar-refractivity contribution >= 4 is 16.6 Å². The molecule has 5 heteroatoms. The van der Waals surface area contributed by atoms with Gasteiger partial charge in [-0.15, -0.1) is 0 Å². The van der Waals surface area contributed by atoms with E-state index in [-0.39, 0.29) is 17.9 Å². The molecule has 4 rings (SSSR count). The van der Waals surface area contributed by atoms with Crippen molar-refractivity contribution in [3.8, 4) is 11.5 Å². The van der Waals surface area contributed by atoms with Gasteiger partial charge in [0.25, 0.3) is 0 Å². The standard InChI is InChI=1S/C25H25N3O2/c1-16(2)30-21-11-9-20(10-12-21)28-23(19-5-4-14-26-15-19)22-13-8-18-7-6-17(3)27-24(18)25(22)29/h4-16,23,28-29H,1-3H3. The molecule has 0 saturated carbocycles. The number of ether oxygens (including phenoxy) is 1. The number of anilines is 1. The number of hydrogen-bond donors (Lipinski definition) is 2. The van der Waals surface area contributed by atoms with Crippen LogP contribution in [0.3, 0.4) is 0 Å². The number of aromatic nitrogens is 2. The molecule has 0 amide bonds. The summed E-state index contributed by atoms with van der Waals surface area (Å²) in [5.41, 5.74) is 4.07. The summed E-state index contributed by atoms with van der Waals surface area (Å²) in [6.07, 6.45) is 3.67. The number of nitrogens with one attached hydrogen (secondary N) is 1. The van der Waals surface area contributed by atoms with Gasteiger partial charge in [-0.2, -0.15) is 0 Å². The fourth-order valence-electron chi connectivity index (χ4n) is 3.48. The fraction of sp³-hybridized carbons (Fsp3) is 0.200. The third-order valence-electron chi connectivity index (χ3n) is 4.87. The van der Waals surface area contributed by atoms with Crippen LogP contribution in [0.25, 0.3) is 10.9 Å². The van der Waals surface area contributed by atoms with Crippen LogP contribution in [0.5, 0.6) is 11.5 Å². The van der Waals surface area contributed by atoms with Gasteiger partial charge >= 0.3 is 0 Å². The van der Waals surface area contributed by atoms with E-state index in [0.29, 0.717) is 5.52 Å². The molecule has 1 atom stereocenters. The van der Waals surface area contributed by atoms with Crippen LogP contribution in [-0.2, 0) is 0 Å². The highest BCUT2D eigenvalue weighted by Crippen LogP contribution is 2.36. The molecule has 0 spiro atoms. The van der Waals surface area contributed by atoms with E-state index in [9.17, 15) is 5.11 Å². The van der Waals surface area contributed by atoms with Crippen molar-refractivity contribution in [1.29, 1.82) is 0 Å². The molecule has 2 N–H and O–H groups in total. The summed E-state index contributed by atoms with van der Waals surface area (Å²) in [6, 6.07) is 19.3. The summed E-state index contributed by atoms with van der Waals surface area (Å²) in [7, 11) is 0. The predicted octanol–water partition coefficient (Wildman–Crippen LogP) is 5.63. The molecule has 0 aliphatic heterocycles. The summed E-state index contributed by atoms with van der Waals surface area (Å²) in [5.74, 6) is 0.999. The minimum Gasteiger partial charge on any atom is -0.505 e. The second-order valence-corrected chi connectivity index (χ2v) is 7.58. The van der Waals surface area contributed by atoms with Gasteiger partial charge in [-0.05, 0) is 62.7 Å². The fourth-order valence-corrected chi connectivity index (χ4v) is 3.48. The van der Waals surface area contributed by atoms with Crippen LogP contribution in [-0.4, -0.2) is 21.2 Å². The number of aryl methyl sites for hydroxylation is 1. The molecule has 0 radical (unpaired) electrons. The number of fused-ring (bicyclic) bond motifs is 1. The number of phenolic OH excluding ortho intramolecular Hbond substituents is 1. The first-order chi connectivity index (χ1) is 14.5. The van der Waals surface area contributed by atoms with Crippen molar-refractivity contribution in [3.63, 3.8) is 0 Å². The lowest BCUT2D eigenvalue weighted by atomic mass is 9.97. The summed E-state index contributed by atoms with van der Waals surface area (Å²) in [6.45, 7) is 5.93. The molecule has 0 aliphatic rings. The number of benzene rings is 2. The van der Waals surface area contributed by atoms with Gasteiger partial charge in [-0.1, -0.05) is 24.3 Å². The van der Waals surface area contributed by atoms with Crippen molar-refractivity contribution < 1.29 is 9.84 Å². The first kappa shape index (κ1) is 19.7. The van der Waals surface area contributed by atoms with Crippen molar-refractivity contribution in [2.45, 2.75) is 32.9 Å². The summed E-state index contributed by atoms with van der Waals surface area (Å²) in [5, 5.41) is 15.5. The van der Waals surface area contributed by atoms with Crippen LogP contribution in [0.4, 0.5) is 5.69 Å². The lowest BCUT2D eigenvalue weighted by molar-refractivity contribution is 0.242. The molecule has 30 heavy (non-hydrogen) atoms. The van der Waals surface area contributed by atoms with E-state index in [2.05, 4.69) is 15.3 Å². The first-order valence-electron chi connectivity index (χ1n) is 10.0. The van der Waals surface area contributed by atoms with E-state index in [0.717, 1.165) is 33.6 Å². The number of nitrogens with zero attached hydrogens (tertiary/aromatic N) is 2. The van der Waals surface area contributed by atoms with Crippen LogP contribution in [0.1, 0.15) is 36.7 Å². The lowest BCUT2D eigenvalue weighted by Gasteiger charge is -2.22. The van der Waals surface area contributed by atoms with E-state index in [1.54, 1.807) is 12.4 Å². The Morgan fingerprint density at radius 3 is 2.43 bits per heavy atom. The normalized spacial score (nSPS) is 12.1. The van der Waals surface area contributed by atoms with Crippen LogP contribution in [0.2, 0.25) is 0 Å². The second-order valence-electron chi connectivity index (χ2n) is 7.58. The third-order valence-corrected chi connectivity index (χ3v) is 4.87. The molecule has 1 unspecified atom stereocenters. The number of hydrogen-bond acceptors (Lipinski definition) is 5. The van der Waals surface area contributed by atoms with Crippen LogP contribution < -0.4 is 10.1 Å². The molecule has 2 aromatic carbocycles. The number of aromatic hydroxyl groups is 1. The maximum atomic E-state index is 11.1. The zero-order valence-electron chi connectivity index (χ0n) is 17.3. The largest absolute Gasteiger partial charge is 0.505 e. The molecule has 2 aromatic heterocycles. The van der Waals surface area contributed by atoms with Crippen molar-refractivity contribution in [3.05, 3.63) is 89.9 Å². The van der Waals surface area contributed by atoms with Gasteiger partial charge in [-0.3, -0.25) is 4.98 Å². The van der Waals surface area contributed by atoms with Crippen LogP contribution in [0.15, 0.2) is 73.1 Å². The predicted molar refractivity (Wildman–Crippen MR) is 120 cm³/mol. The number of rotatable bonds is 6. The molecule has 0 bridgehead atoms. The van der Waals surface area contributed by atoms with Gasteiger partial charge in [0.05, 0.1) is 12.1 Å². The zero-order valence-corrected chi connectivity index (χ0v) is 17.3. The minimum atomic E-state index is -0.290. The van der Waals surface area contributed by atoms with Crippen LogP contribution in [0, 0.1) is 6.92 Å². The van der Waals surface area contributed by atoms with E-state index in [4.69, 9.17) is 4.74 Å². The average molecular weight is 399 g/mol. The van der Waals surface area contributed by atoms with Crippen molar-refractivity contribution in [1.82, 2.24) is 9.97 Å². The molecule has 0 aliphatic carbocycles. The molecule has 2 heterocycles. The van der Waals surface area contributed by atoms with Crippen LogP contribution >= 0.6 is 0 Å². The highest BCUT2D eigenvalue weighted by molar-refractivity contribution is 5.86. The van der Waals surface area contributed by atoms with Gasteiger partial charge in [0.1, 0.15) is 17.0 Å². The third kappa shape index (κ3) is 4.20. The number of phenols is 1. The number of pyridine rings is 2. The van der Waals surface area contributed by atoms with Crippen molar-refractivity contribution in [2.24, 2.45) is 0 Å². The average Bonchev–Trinajstić information content (AvgIpc) is 2.74. The molecular formula is C25H25N3O2. The monoisotopic (exact) mass is 399 g/mol. The summed E-state index contributed by atoms with van der Waals surface area (Å²) < 4.78 is 5.74. The summed E-state index contributed by atoms with van der Waals surface area (Å²) >= 11 is 0. The first-order valence-corrected chi connectivity index (χ1v) is 10.0. The Labute approximate surface area is 176 Å². The highest BCUT2D eigenvalue weighted by atomic mass is 16.5. The Balaban J connectivity index is 1.74. The molecule has 4 aromatic rings. The summed E-state index contributed by atoms with van der Waals surface area (Å²) in [4.78, 5) is 8.82. The molecule has 0 fully saturated rings. The van der Waals surface area contributed by atoms with E-state index in [1.807, 2.05) is 81.4 Å². The van der Waals surface area contributed by atoms with Gasteiger partial charge in [0.15, 0.2) is 0 Å². The van der Waals surface area contributed by atoms with E-state index >= 15 is 0 Å². The van der Waals surface area contributed by atoms with Gasteiger partial charge in [0.2, 0.25) is 0 Å². The maximum Gasteiger partial charge on any atom is 0.147 e. The molecule has 0 saturated heterocycles. The highest BCUT2D eigenvalue weighted by Gasteiger charge is 2.20. The second kappa shape index (κ2) is 8.41. The minimum absolute atomic E-state index is 0.123. The molecule has 5 nitrogen and oxygen atoms in total. The Kier molecular flexibility index (Phi) is 5.53. The Morgan fingerprint density at radius 2 is 1.73 bits per heavy atom. The Bertz CT molecular complexity index is 1140. The zero-order chi connectivity index (χ0) is 21.1. The molecular weight excluding hydrogens is 374 g/mol. The van der Waals surface area contributed by atoms with E-state index < -0.39 is 0 Å². The Hall–Kier alpha value is -3.60. The van der Waals surface area contributed by atoms with Crippen molar-refractivity contribution in [2.75, 3.05) is 5.32 Å². The van der Waals surface area contributed by atoms with Gasteiger partial charge < -0.3 is 15.2 Å².